The average molecular weight is 377 g/mol. The highest BCUT2D eigenvalue weighted by atomic mass is 32.2. The molecule has 8 nitrogen and oxygen atoms in total. The van der Waals surface area contributed by atoms with E-state index in [2.05, 4.69) is 10.4 Å². The third-order valence-electron chi connectivity index (χ3n) is 4.31. The normalized spacial score (nSPS) is 15.8. The number of benzene rings is 1. The highest BCUT2D eigenvalue weighted by molar-refractivity contribution is 7.89. The smallest absolute Gasteiger partial charge is 0.317 e. The number of carbonyl (C=O) groups excluding carboxylic acids is 1. The van der Waals surface area contributed by atoms with Crippen molar-refractivity contribution in [3.05, 3.63) is 48.8 Å². The molecule has 140 valence electrons. The summed E-state index contributed by atoms with van der Waals surface area (Å²) in [5.74, 6) is 0. The molecule has 1 aliphatic rings. The molecule has 0 atom stereocenters. The van der Waals surface area contributed by atoms with Gasteiger partial charge in [0.25, 0.3) is 0 Å². The maximum Gasteiger partial charge on any atom is 0.317 e. The van der Waals surface area contributed by atoms with Crippen molar-refractivity contribution in [3.8, 4) is 0 Å². The average Bonchev–Trinajstić information content (AvgIpc) is 3.19. The van der Waals surface area contributed by atoms with Gasteiger partial charge >= 0.3 is 6.03 Å². The second-order valence-corrected chi connectivity index (χ2v) is 8.00. The topological polar surface area (TPSA) is 87.5 Å². The summed E-state index contributed by atoms with van der Waals surface area (Å²) in [7, 11) is -3.49. The van der Waals surface area contributed by atoms with Crippen molar-refractivity contribution in [2.24, 2.45) is 0 Å². The molecule has 0 spiro atoms. The Kier molecular flexibility index (Phi) is 5.89. The lowest BCUT2D eigenvalue weighted by atomic mass is 10.4. The van der Waals surface area contributed by atoms with Gasteiger partial charge in [0.05, 0.1) is 4.90 Å². The van der Waals surface area contributed by atoms with Gasteiger partial charge in [0.15, 0.2) is 0 Å². The Labute approximate surface area is 153 Å². The van der Waals surface area contributed by atoms with Crippen LogP contribution in [0.4, 0.5) is 4.79 Å². The summed E-state index contributed by atoms with van der Waals surface area (Å²) in [5, 5.41) is 6.99. The van der Waals surface area contributed by atoms with Gasteiger partial charge in [0, 0.05) is 51.7 Å². The molecular formula is C17H23N5O3S. The lowest BCUT2D eigenvalue weighted by molar-refractivity contribution is 0.172. The van der Waals surface area contributed by atoms with Crippen LogP contribution in [0.25, 0.3) is 0 Å². The Balaban J connectivity index is 1.43. The zero-order valence-electron chi connectivity index (χ0n) is 14.5. The molecule has 1 aromatic heterocycles. The highest BCUT2D eigenvalue weighted by Crippen LogP contribution is 2.17. The van der Waals surface area contributed by atoms with Gasteiger partial charge in [0.1, 0.15) is 0 Å². The fraction of sp³-hybridized carbons (Fsp3) is 0.412. The van der Waals surface area contributed by atoms with Crippen molar-refractivity contribution in [2.75, 3.05) is 32.7 Å². The van der Waals surface area contributed by atoms with Crippen molar-refractivity contribution in [2.45, 2.75) is 17.9 Å². The predicted molar refractivity (Wildman–Crippen MR) is 97.0 cm³/mol. The van der Waals surface area contributed by atoms with E-state index in [0.29, 0.717) is 32.7 Å². The van der Waals surface area contributed by atoms with Crippen molar-refractivity contribution >= 4 is 16.1 Å². The minimum absolute atomic E-state index is 0.151. The molecule has 0 unspecified atom stereocenters. The summed E-state index contributed by atoms with van der Waals surface area (Å²) in [6, 6.07) is 10.1. The number of nitrogens with one attached hydrogen (secondary N) is 1. The number of amides is 2. The molecule has 1 aliphatic heterocycles. The first-order valence-corrected chi connectivity index (χ1v) is 10.1. The Bertz CT molecular complexity index is 800. The number of hydrogen-bond acceptors (Lipinski definition) is 4. The molecule has 1 N–H and O–H groups in total. The Morgan fingerprint density at radius 3 is 2.46 bits per heavy atom. The Morgan fingerprint density at radius 2 is 1.81 bits per heavy atom. The van der Waals surface area contributed by atoms with Crippen LogP contribution < -0.4 is 5.32 Å². The lowest BCUT2D eigenvalue weighted by Gasteiger charge is -2.34. The van der Waals surface area contributed by atoms with E-state index in [1.54, 1.807) is 41.4 Å². The SMILES string of the molecule is O=C(NCCCn1cccn1)N1CCN(S(=O)(=O)c2ccccc2)CC1. The third-order valence-corrected chi connectivity index (χ3v) is 6.22. The molecule has 1 fully saturated rings. The van der Waals surface area contributed by atoms with Gasteiger partial charge in [0.2, 0.25) is 10.0 Å². The van der Waals surface area contributed by atoms with E-state index >= 15 is 0 Å². The number of sulfonamides is 1. The summed E-state index contributed by atoms with van der Waals surface area (Å²) in [6.45, 7) is 2.68. The largest absolute Gasteiger partial charge is 0.338 e. The standard InChI is InChI=1S/C17H23N5O3S/c23-17(18-8-4-10-21-11-5-9-19-21)20-12-14-22(15-13-20)26(24,25)16-6-2-1-3-7-16/h1-3,5-7,9,11H,4,8,10,12-15H2,(H,18,23). The molecule has 9 heteroatoms. The van der Waals surface area contributed by atoms with E-state index in [1.165, 1.54) is 4.31 Å². The van der Waals surface area contributed by atoms with Gasteiger partial charge in [-0.3, -0.25) is 4.68 Å². The summed E-state index contributed by atoms with van der Waals surface area (Å²) >= 11 is 0. The number of aryl methyl sites for hydroxylation is 1. The van der Waals surface area contributed by atoms with Gasteiger partial charge in [-0.2, -0.15) is 9.40 Å². The molecule has 0 bridgehead atoms. The molecule has 3 rings (SSSR count). The number of rotatable bonds is 6. The van der Waals surface area contributed by atoms with Crippen LogP contribution in [0.1, 0.15) is 6.42 Å². The molecule has 0 radical (unpaired) electrons. The summed E-state index contributed by atoms with van der Waals surface area (Å²) in [6.07, 6.45) is 4.39. The summed E-state index contributed by atoms with van der Waals surface area (Å²) in [5.41, 5.74) is 0. The van der Waals surface area contributed by atoms with Crippen LogP contribution in [-0.4, -0.2) is 66.2 Å². The lowest BCUT2D eigenvalue weighted by Crippen LogP contribution is -2.53. The van der Waals surface area contributed by atoms with Gasteiger partial charge in [-0.05, 0) is 24.6 Å². The van der Waals surface area contributed by atoms with Crippen LogP contribution >= 0.6 is 0 Å². The van der Waals surface area contributed by atoms with Crippen LogP contribution in [0.5, 0.6) is 0 Å². The van der Waals surface area contributed by atoms with Crippen molar-refractivity contribution in [1.29, 1.82) is 0 Å². The number of carbonyl (C=O) groups is 1. The van der Waals surface area contributed by atoms with E-state index in [4.69, 9.17) is 0 Å². The second kappa shape index (κ2) is 8.33. The summed E-state index contributed by atoms with van der Waals surface area (Å²) < 4.78 is 28.4. The first kappa shape index (κ1) is 18.4. The third kappa shape index (κ3) is 4.41. The van der Waals surface area contributed by atoms with E-state index in [9.17, 15) is 13.2 Å². The maximum absolute atomic E-state index is 12.6. The quantitative estimate of drug-likeness (QED) is 0.761. The first-order chi connectivity index (χ1) is 12.6. The van der Waals surface area contributed by atoms with Gasteiger partial charge < -0.3 is 10.2 Å². The molecule has 2 aromatic rings. The zero-order valence-corrected chi connectivity index (χ0v) is 15.3. The molecule has 1 saturated heterocycles. The molecule has 2 heterocycles. The molecule has 26 heavy (non-hydrogen) atoms. The van der Waals surface area contributed by atoms with E-state index in [0.717, 1.165) is 13.0 Å². The van der Waals surface area contributed by atoms with Crippen molar-refractivity contribution < 1.29 is 13.2 Å². The van der Waals surface area contributed by atoms with Crippen LogP contribution in [-0.2, 0) is 16.6 Å². The second-order valence-electron chi connectivity index (χ2n) is 6.06. The number of hydrogen-bond donors (Lipinski definition) is 1. The van der Waals surface area contributed by atoms with Crippen LogP contribution in [0.3, 0.4) is 0 Å². The molecule has 1 aromatic carbocycles. The molecule has 0 saturated carbocycles. The summed E-state index contributed by atoms with van der Waals surface area (Å²) in [4.78, 5) is 14.2. The maximum atomic E-state index is 12.6. The van der Waals surface area contributed by atoms with Crippen LogP contribution in [0.2, 0.25) is 0 Å². The highest BCUT2D eigenvalue weighted by Gasteiger charge is 2.29. The minimum Gasteiger partial charge on any atom is -0.338 e. The van der Waals surface area contributed by atoms with Gasteiger partial charge in [-0.25, -0.2) is 13.2 Å². The van der Waals surface area contributed by atoms with Gasteiger partial charge in [-0.1, -0.05) is 18.2 Å². The fourth-order valence-electron chi connectivity index (χ4n) is 2.85. The Morgan fingerprint density at radius 1 is 1.08 bits per heavy atom. The number of aromatic nitrogens is 2. The number of urea groups is 1. The van der Waals surface area contributed by atoms with Crippen LogP contribution in [0, 0.1) is 0 Å². The van der Waals surface area contributed by atoms with Crippen LogP contribution in [0.15, 0.2) is 53.7 Å². The molecular weight excluding hydrogens is 354 g/mol. The fourth-order valence-corrected chi connectivity index (χ4v) is 4.30. The van der Waals surface area contributed by atoms with Crippen molar-refractivity contribution in [1.82, 2.24) is 24.3 Å². The molecule has 2 amide bonds. The van der Waals surface area contributed by atoms with E-state index in [-0.39, 0.29) is 10.9 Å². The minimum atomic E-state index is -3.49. The Hall–Kier alpha value is -2.39. The predicted octanol–water partition coefficient (Wildman–Crippen LogP) is 0.989. The van der Waals surface area contributed by atoms with E-state index < -0.39 is 10.0 Å². The first-order valence-electron chi connectivity index (χ1n) is 8.63. The molecule has 0 aliphatic carbocycles. The van der Waals surface area contributed by atoms with E-state index in [1.807, 2.05) is 16.9 Å². The van der Waals surface area contributed by atoms with Gasteiger partial charge in [-0.15, -0.1) is 0 Å². The number of piperazine rings is 1. The zero-order chi connectivity index (χ0) is 18.4. The number of nitrogens with zero attached hydrogens (tertiary/aromatic N) is 4. The van der Waals surface area contributed by atoms with Crippen molar-refractivity contribution in [3.63, 3.8) is 0 Å². The monoisotopic (exact) mass is 377 g/mol.